The van der Waals surface area contributed by atoms with Crippen LogP contribution >= 0.6 is 0 Å². The van der Waals surface area contributed by atoms with Crippen LogP contribution in [-0.4, -0.2) is 47.7 Å². The molecular formula is C15H24N2O3. The molecule has 0 saturated carbocycles. The Labute approximate surface area is 119 Å². The van der Waals surface area contributed by atoms with Crippen molar-refractivity contribution in [1.29, 1.82) is 0 Å². The maximum absolute atomic E-state index is 12.1. The number of nitrogens with zero attached hydrogens (tertiary/aromatic N) is 1. The lowest BCUT2D eigenvalue weighted by molar-refractivity contribution is 0.0703. The molecule has 20 heavy (non-hydrogen) atoms. The standard InChI is InChI=1S/C15H24N2O3/c1-2-14(18)3-7-16-13-4-8-17(9-5-13)15(19)12-6-10-20-11-12/h6,10-11,13-14,16,18H,2-5,7-9H2,1H3. The molecule has 112 valence electrons. The number of carbonyl (C=O) groups is 1. The van der Waals surface area contributed by atoms with Crippen molar-refractivity contribution in [3.8, 4) is 0 Å². The maximum Gasteiger partial charge on any atom is 0.257 e. The van der Waals surface area contributed by atoms with E-state index in [0.29, 0.717) is 11.6 Å². The maximum atomic E-state index is 12.1. The largest absolute Gasteiger partial charge is 0.472 e. The van der Waals surface area contributed by atoms with Crippen LogP contribution < -0.4 is 5.32 Å². The summed E-state index contributed by atoms with van der Waals surface area (Å²) in [4.78, 5) is 14.0. The minimum absolute atomic E-state index is 0.0543. The number of likely N-dealkylation sites (tertiary alicyclic amines) is 1. The number of hydrogen-bond donors (Lipinski definition) is 2. The van der Waals surface area contributed by atoms with Crippen molar-refractivity contribution in [1.82, 2.24) is 10.2 Å². The predicted molar refractivity (Wildman–Crippen MR) is 76.6 cm³/mol. The first-order valence-electron chi connectivity index (χ1n) is 7.43. The Hall–Kier alpha value is -1.33. The number of nitrogens with one attached hydrogen (secondary N) is 1. The number of carbonyl (C=O) groups excluding carboxylic acids is 1. The molecule has 1 unspecified atom stereocenters. The van der Waals surface area contributed by atoms with Crippen LogP contribution in [-0.2, 0) is 0 Å². The van der Waals surface area contributed by atoms with E-state index in [-0.39, 0.29) is 12.0 Å². The van der Waals surface area contributed by atoms with Gasteiger partial charge in [-0.3, -0.25) is 4.79 Å². The van der Waals surface area contributed by atoms with Crippen molar-refractivity contribution in [2.45, 2.75) is 44.8 Å². The fourth-order valence-electron chi connectivity index (χ4n) is 2.51. The van der Waals surface area contributed by atoms with Crippen molar-refractivity contribution in [3.05, 3.63) is 24.2 Å². The highest BCUT2D eigenvalue weighted by atomic mass is 16.3. The molecule has 1 amide bonds. The van der Waals surface area contributed by atoms with Crippen molar-refractivity contribution >= 4 is 5.91 Å². The zero-order valence-corrected chi connectivity index (χ0v) is 12.0. The number of amides is 1. The quantitative estimate of drug-likeness (QED) is 0.831. The fraction of sp³-hybridized carbons (Fsp3) is 0.667. The fourth-order valence-corrected chi connectivity index (χ4v) is 2.51. The van der Waals surface area contributed by atoms with E-state index in [4.69, 9.17) is 4.42 Å². The van der Waals surface area contributed by atoms with Gasteiger partial charge < -0.3 is 19.7 Å². The second kappa shape index (κ2) is 7.45. The molecule has 0 bridgehead atoms. The summed E-state index contributed by atoms with van der Waals surface area (Å²) >= 11 is 0. The zero-order chi connectivity index (χ0) is 14.4. The highest BCUT2D eigenvalue weighted by molar-refractivity contribution is 5.93. The average molecular weight is 280 g/mol. The number of furan rings is 1. The van der Waals surface area contributed by atoms with Crippen LogP contribution in [0.5, 0.6) is 0 Å². The molecule has 1 fully saturated rings. The Balaban J connectivity index is 1.69. The van der Waals surface area contributed by atoms with Gasteiger partial charge in [0, 0.05) is 19.1 Å². The van der Waals surface area contributed by atoms with Crippen molar-refractivity contribution < 1.29 is 14.3 Å². The van der Waals surface area contributed by atoms with Crippen LogP contribution in [0.3, 0.4) is 0 Å². The van der Waals surface area contributed by atoms with Crippen LogP contribution in [0.2, 0.25) is 0 Å². The summed E-state index contributed by atoms with van der Waals surface area (Å²) in [5.41, 5.74) is 0.627. The predicted octanol–water partition coefficient (Wildman–Crippen LogP) is 1.63. The summed E-state index contributed by atoms with van der Waals surface area (Å²) < 4.78 is 4.95. The monoisotopic (exact) mass is 280 g/mol. The second-order valence-corrected chi connectivity index (χ2v) is 5.38. The van der Waals surface area contributed by atoms with Gasteiger partial charge in [0.25, 0.3) is 5.91 Å². The first-order valence-corrected chi connectivity index (χ1v) is 7.43. The number of hydrogen-bond acceptors (Lipinski definition) is 4. The lowest BCUT2D eigenvalue weighted by atomic mass is 10.0. The van der Waals surface area contributed by atoms with Gasteiger partial charge in [0.1, 0.15) is 6.26 Å². The van der Waals surface area contributed by atoms with E-state index < -0.39 is 0 Å². The zero-order valence-electron chi connectivity index (χ0n) is 12.0. The van der Waals surface area contributed by atoms with Gasteiger partial charge in [0.05, 0.1) is 17.9 Å². The topological polar surface area (TPSA) is 65.7 Å². The Morgan fingerprint density at radius 3 is 2.90 bits per heavy atom. The van der Waals surface area contributed by atoms with Crippen LogP contribution in [0.4, 0.5) is 0 Å². The molecule has 2 N–H and O–H groups in total. The van der Waals surface area contributed by atoms with Gasteiger partial charge in [-0.25, -0.2) is 0 Å². The summed E-state index contributed by atoms with van der Waals surface area (Å²) in [5.74, 6) is 0.0543. The highest BCUT2D eigenvalue weighted by Gasteiger charge is 2.23. The molecule has 0 aliphatic carbocycles. The second-order valence-electron chi connectivity index (χ2n) is 5.38. The number of aliphatic hydroxyl groups excluding tert-OH is 1. The van der Waals surface area contributed by atoms with Gasteiger partial charge in [-0.05, 0) is 38.3 Å². The van der Waals surface area contributed by atoms with E-state index in [0.717, 1.165) is 45.3 Å². The lowest BCUT2D eigenvalue weighted by Gasteiger charge is -2.32. The number of rotatable bonds is 6. The van der Waals surface area contributed by atoms with Crippen LogP contribution in [0.1, 0.15) is 43.0 Å². The lowest BCUT2D eigenvalue weighted by Crippen LogP contribution is -2.45. The summed E-state index contributed by atoms with van der Waals surface area (Å²) in [6, 6.07) is 2.16. The Kier molecular flexibility index (Phi) is 5.61. The van der Waals surface area contributed by atoms with Gasteiger partial charge in [-0.15, -0.1) is 0 Å². The molecule has 0 aromatic carbocycles. The SMILES string of the molecule is CCC(O)CCNC1CCN(C(=O)c2ccoc2)CC1. The molecule has 1 aliphatic heterocycles. The third-order valence-corrected chi connectivity index (χ3v) is 3.93. The van der Waals surface area contributed by atoms with Crippen molar-refractivity contribution in [2.75, 3.05) is 19.6 Å². The van der Waals surface area contributed by atoms with Gasteiger partial charge in [-0.2, -0.15) is 0 Å². The summed E-state index contributed by atoms with van der Waals surface area (Å²) in [7, 11) is 0. The number of aliphatic hydroxyl groups is 1. The molecule has 2 heterocycles. The summed E-state index contributed by atoms with van der Waals surface area (Å²) in [5, 5.41) is 13.0. The molecule has 0 radical (unpaired) electrons. The molecule has 0 spiro atoms. The van der Waals surface area contributed by atoms with E-state index in [1.165, 1.54) is 12.5 Å². The van der Waals surface area contributed by atoms with Crippen LogP contribution in [0.25, 0.3) is 0 Å². The first kappa shape index (κ1) is 15.1. The molecule has 5 heteroatoms. The normalized spacial score (nSPS) is 18.2. The van der Waals surface area contributed by atoms with Gasteiger partial charge in [0.15, 0.2) is 0 Å². The van der Waals surface area contributed by atoms with Crippen LogP contribution in [0.15, 0.2) is 23.0 Å². The number of piperidine rings is 1. The van der Waals surface area contributed by atoms with Crippen LogP contribution in [0, 0.1) is 0 Å². The van der Waals surface area contributed by atoms with E-state index in [2.05, 4.69) is 5.32 Å². The average Bonchev–Trinajstić information content (AvgIpc) is 3.01. The Morgan fingerprint density at radius 1 is 1.55 bits per heavy atom. The summed E-state index contributed by atoms with van der Waals surface area (Å²) in [6.45, 7) is 4.38. The minimum Gasteiger partial charge on any atom is -0.472 e. The van der Waals surface area contributed by atoms with Gasteiger partial charge in [0.2, 0.25) is 0 Å². The molecule has 1 saturated heterocycles. The molecular weight excluding hydrogens is 256 g/mol. The van der Waals surface area contributed by atoms with E-state index in [9.17, 15) is 9.90 Å². The van der Waals surface area contributed by atoms with E-state index in [1.54, 1.807) is 6.07 Å². The van der Waals surface area contributed by atoms with Crippen molar-refractivity contribution in [3.63, 3.8) is 0 Å². The Bertz CT molecular complexity index is 397. The van der Waals surface area contributed by atoms with Gasteiger partial charge >= 0.3 is 0 Å². The molecule has 1 atom stereocenters. The Morgan fingerprint density at radius 2 is 2.30 bits per heavy atom. The molecule has 2 rings (SSSR count). The van der Waals surface area contributed by atoms with Gasteiger partial charge in [-0.1, -0.05) is 6.92 Å². The molecule has 1 aromatic heterocycles. The van der Waals surface area contributed by atoms with Crippen molar-refractivity contribution in [2.24, 2.45) is 0 Å². The first-order chi connectivity index (χ1) is 9.70. The van der Waals surface area contributed by atoms with E-state index in [1.807, 2.05) is 11.8 Å². The third kappa shape index (κ3) is 4.08. The smallest absolute Gasteiger partial charge is 0.257 e. The third-order valence-electron chi connectivity index (χ3n) is 3.93. The highest BCUT2D eigenvalue weighted by Crippen LogP contribution is 2.14. The molecule has 1 aliphatic rings. The molecule has 1 aromatic rings. The minimum atomic E-state index is -0.203. The molecule has 5 nitrogen and oxygen atoms in total. The summed E-state index contributed by atoms with van der Waals surface area (Å²) in [6.07, 6.45) is 6.35. The van der Waals surface area contributed by atoms with E-state index >= 15 is 0 Å².